The highest BCUT2D eigenvalue weighted by atomic mass is 16.2. The van der Waals surface area contributed by atoms with Gasteiger partial charge in [0.1, 0.15) is 11.6 Å². The monoisotopic (exact) mass is 338 g/mol. The molecule has 0 bridgehead atoms. The molecular weight excluding hydrogens is 318 g/mol. The van der Waals surface area contributed by atoms with Crippen LogP contribution in [0.5, 0.6) is 0 Å². The number of benzene rings is 1. The fourth-order valence-electron chi connectivity index (χ4n) is 2.95. The summed E-state index contributed by atoms with van der Waals surface area (Å²) in [5, 5.41) is 2.78. The lowest BCUT2D eigenvalue weighted by Gasteiger charge is -2.25. The Balaban J connectivity index is 1.85. The summed E-state index contributed by atoms with van der Waals surface area (Å²) in [6.07, 6.45) is 7.00. The Bertz CT molecular complexity index is 819. The van der Waals surface area contributed by atoms with Crippen molar-refractivity contribution in [2.45, 2.75) is 13.8 Å². The summed E-state index contributed by atoms with van der Waals surface area (Å²) in [6, 6.07) is 6.97. The molecule has 0 aromatic heterocycles. The Morgan fingerprint density at radius 3 is 2.60 bits per heavy atom. The van der Waals surface area contributed by atoms with E-state index in [1.165, 1.54) is 9.48 Å². The van der Waals surface area contributed by atoms with Crippen LogP contribution in [0.25, 0.3) is 0 Å². The van der Waals surface area contributed by atoms with Crippen LogP contribution in [0.3, 0.4) is 0 Å². The van der Waals surface area contributed by atoms with Crippen molar-refractivity contribution in [1.29, 1.82) is 0 Å². The summed E-state index contributed by atoms with van der Waals surface area (Å²) < 4.78 is 1.37. The van der Waals surface area contributed by atoms with E-state index in [9.17, 15) is 14.4 Å². The van der Waals surface area contributed by atoms with Gasteiger partial charge in [0.2, 0.25) is 0 Å². The normalized spacial score (nSPS) is 19.3. The third-order valence-electron chi connectivity index (χ3n) is 4.26. The van der Waals surface area contributed by atoms with Gasteiger partial charge in [-0.3, -0.25) is 4.79 Å². The average Bonchev–Trinajstić information content (AvgIpc) is 2.61. The molecule has 0 radical (unpaired) electrons. The lowest BCUT2D eigenvalue weighted by molar-refractivity contribution is -0.427. The quantitative estimate of drug-likeness (QED) is 0.855. The highest BCUT2D eigenvalue weighted by molar-refractivity contribution is 6.17. The number of imide groups is 1. The number of rotatable bonds is 4. The molecule has 1 atom stereocenters. The molecule has 0 saturated carbocycles. The Morgan fingerprint density at radius 1 is 1.20 bits per heavy atom. The third-order valence-corrected chi connectivity index (χ3v) is 4.26. The topological polar surface area (TPSA) is 69.5 Å². The van der Waals surface area contributed by atoms with Crippen LogP contribution in [0.4, 0.5) is 10.5 Å². The van der Waals surface area contributed by atoms with Gasteiger partial charge in [-0.25, -0.2) is 4.79 Å². The number of amides is 4. The second-order valence-electron chi connectivity index (χ2n) is 6.01. The van der Waals surface area contributed by atoms with Crippen molar-refractivity contribution in [2.24, 2.45) is 5.92 Å². The van der Waals surface area contributed by atoms with Crippen LogP contribution in [-0.4, -0.2) is 46.1 Å². The number of carbonyl (C=O) groups is 3. The van der Waals surface area contributed by atoms with E-state index in [-0.39, 0.29) is 24.9 Å². The number of urea groups is 1. The number of aryl methyl sites for hydroxylation is 1. The maximum Gasteiger partial charge on any atom is 0.501 e. The maximum atomic E-state index is 12.6. The van der Waals surface area contributed by atoms with E-state index in [1.54, 1.807) is 31.2 Å². The zero-order chi connectivity index (χ0) is 18.0. The highest BCUT2D eigenvalue weighted by Crippen LogP contribution is 2.19. The third kappa shape index (κ3) is 3.28. The number of hydrogen-bond donors (Lipinski definition) is 1. The number of fused-ring (bicyclic) bond motifs is 1. The lowest BCUT2D eigenvalue weighted by Crippen LogP contribution is -2.55. The molecule has 128 valence electrons. The summed E-state index contributed by atoms with van der Waals surface area (Å²) in [5.74, 6) is -1.08. The molecule has 1 heterocycles. The van der Waals surface area contributed by atoms with Crippen molar-refractivity contribution in [3.05, 3.63) is 54.1 Å². The molecule has 4 amide bonds. The number of allylic oxidation sites excluding steroid dienone is 3. The molecule has 3 rings (SSSR count). The SMILES string of the molecule is CCN1C(=O)C2C=CC=CC2=[N+](CC(=O)Nc2ccc(C)cc2)C1=O. The van der Waals surface area contributed by atoms with Crippen molar-refractivity contribution < 1.29 is 19.0 Å². The summed E-state index contributed by atoms with van der Waals surface area (Å²) in [6.45, 7) is 3.84. The van der Waals surface area contributed by atoms with Crippen LogP contribution in [0, 0.1) is 12.8 Å². The van der Waals surface area contributed by atoms with Gasteiger partial charge in [-0.2, -0.15) is 14.3 Å². The first-order chi connectivity index (χ1) is 12.0. The van der Waals surface area contributed by atoms with Crippen LogP contribution in [0.2, 0.25) is 0 Å². The van der Waals surface area contributed by atoms with Gasteiger partial charge < -0.3 is 5.32 Å². The fraction of sp³-hybridized carbons (Fsp3) is 0.263. The Morgan fingerprint density at radius 2 is 1.92 bits per heavy atom. The van der Waals surface area contributed by atoms with Crippen molar-refractivity contribution in [3.63, 3.8) is 0 Å². The van der Waals surface area contributed by atoms with Crippen molar-refractivity contribution >= 4 is 29.2 Å². The molecule has 6 nitrogen and oxygen atoms in total. The molecule has 2 aliphatic rings. The molecule has 1 aromatic carbocycles. The minimum atomic E-state index is -0.519. The molecule has 0 spiro atoms. The van der Waals surface area contributed by atoms with Crippen molar-refractivity contribution in [3.8, 4) is 0 Å². The number of anilines is 1. The molecule has 6 heteroatoms. The van der Waals surface area contributed by atoms with Gasteiger partial charge in [0.05, 0.1) is 6.54 Å². The molecule has 0 saturated heterocycles. The van der Waals surface area contributed by atoms with Gasteiger partial charge in [0, 0.05) is 5.69 Å². The minimum Gasteiger partial charge on any atom is -0.323 e. The molecule has 0 fully saturated rings. The number of hydrogen-bond acceptors (Lipinski definition) is 3. The Kier molecular flexibility index (Phi) is 4.61. The van der Waals surface area contributed by atoms with Gasteiger partial charge in [0.15, 0.2) is 6.54 Å². The smallest absolute Gasteiger partial charge is 0.323 e. The number of carbonyl (C=O) groups excluding carboxylic acids is 3. The van der Waals surface area contributed by atoms with E-state index >= 15 is 0 Å². The zero-order valence-corrected chi connectivity index (χ0v) is 14.2. The molecule has 1 unspecified atom stereocenters. The highest BCUT2D eigenvalue weighted by Gasteiger charge is 2.46. The van der Waals surface area contributed by atoms with Gasteiger partial charge in [-0.05, 0) is 32.1 Å². The molecule has 25 heavy (non-hydrogen) atoms. The van der Waals surface area contributed by atoms with E-state index in [1.807, 2.05) is 31.2 Å². The van der Waals surface area contributed by atoms with Gasteiger partial charge in [-0.15, -0.1) is 0 Å². The van der Waals surface area contributed by atoms with E-state index in [4.69, 9.17) is 0 Å². The predicted molar refractivity (Wildman–Crippen MR) is 94.5 cm³/mol. The molecular formula is C19H20N3O3+. The average molecular weight is 338 g/mol. The van der Waals surface area contributed by atoms with Crippen molar-refractivity contribution in [1.82, 2.24) is 4.90 Å². The van der Waals surface area contributed by atoms with Crippen LogP contribution >= 0.6 is 0 Å². The van der Waals surface area contributed by atoms with Crippen LogP contribution in [0.15, 0.2) is 48.6 Å². The van der Waals surface area contributed by atoms with Gasteiger partial charge in [-0.1, -0.05) is 35.9 Å². The first-order valence-corrected chi connectivity index (χ1v) is 8.22. The fourth-order valence-corrected chi connectivity index (χ4v) is 2.95. The molecule has 1 aromatic rings. The van der Waals surface area contributed by atoms with E-state index in [0.29, 0.717) is 11.4 Å². The standard InChI is InChI=1S/C19H19N3O3/c1-3-21-18(24)15-6-4-5-7-16(15)22(19(21)25)12-17(23)20-14-10-8-13(2)9-11-14/h4-11,15H,3,12H2,1-2H3/p+1. The summed E-state index contributed by atoms with van der Waals surface area (Å²) >= 11 is 0. The Hall–Kier alpha value is -3.02. The number of nitrogens with one attached hydrogen (secondary N) is 1. The first kappa shape index (κ1) is 16.8. The van der Waals surface area contributed by atoms with E-state index < -0.39 is 11.9 Å². The van der Waals surface area contributed by atoms with Crippen molar-refractivity contribution in [2.75, 3.05) is 18.4 Å². The van der Waals surface area contributed by atoms with Crippen LogP contribution in [0.1, 0.15) is 12.5 Å². The summed E-state index contributed by atoms with van der Waals surface area (Å²) in [7, 11) is 0. The molecule has 1 N–H and O–H groups in total. The van der Waals surface area contributed by atoms with Gasteiger partial charge in [0.25, 0.3) is 5.91 Å². The minimum absolute atomic E-state index is 0.138. The van der Waals surface area contributed by atoms with Crippen LogP contribution < -0.4 is 5.32 Å². The van der Waals surface area contributed by atoms with Gasteiger partial charge >= 0.3 is 11.9 Å². The molecule has 1 aliphatic carbocycles. The molecule has 1 aliphatic heterocycles. The van der Waals surface area contributed by atoms with E-state index in [2.05, 4.69) is 5.32 Å². The van der Waals surface area contributed by atoms with E-state index in [0.717, 1.165) is 5.56 Å². The first-order valence-electron chi connectivity index (χ1n) is 8.22. The maximum absolute atomic E-state index is 12.6. The predicted octanol–water partition coefficient (Wildman–Crippen LogP) is 2.11. The summed E-state index contributed by atoms with van der Waals surface area (Å²) in [4.78, 5) is 38.6. The second-order valence-corrected chi connectivity index (χ2v) is 6.01. The second kappa shape index (κ2) is 6.84. The number of nitrogens with zero attached hydrogens (tertiary/aromatic N) is 2. The zero-order valence-electron chi connectivity index (χ0n) is 14.2. The largest absolute Gasteiger partial charge is 0.501 e. The Labute approximate surface area is 146 Å². The van der Waals surface area contributed by atoms with Crippen LogP contribution in [-0.2, 0) is 9.59 Å². The lowest BCUT2D eigenvalue weighted by atomic mass is 9.94. The summed E-state index contributed by atoms with van der Waals surface area (Å²) in [5.41, 5.74) is 2.31.